The average Bonchev–Trinajstić information content (AvgIpc) is 3.64. The Labute approximate surface area is 299 Å². The topological polar surface area (TPSA) is 88.5 Å². The zero-order chi connectivity index (χ0) is 25.3. The quantitative estimate of drug-likeness (QED) is 0.161. The van der Waals surface area contributed by atoms with Crippen molar-refractivity contribution < 1.29 is 103 Å². The summed E-state index contributed by atoms with van der Waals surface area (Å²) in [6.07, 6.45) is 7.11. The van der Waals surface area contributed by atoms with Crippen LogP contribution in [0.4, 0.5) is 0 Å². The van der Waals surface area contributed by atoms with Gasteiger partial charge in [0.1, 0.15) is 0 Å². The number of nitrogens with zero attached hydrogens (tertiary/aromatic N) is 4. The fraction of sp³-hybridized carbons (Fsp3) is 0.0667. The number of aromatic nitrogens is 4. The summed E-state index contributed by atoms with van der Waals surface area (Å²) in [5.41, 5.74) is 3.42. The number of pyridine rings is 4. The molecule has 0 aliphatic carbocycles. The van der Waals surface area contributed by atoms with Gasteiger partial charge in [-0.1, -0.05) is 12.1 Å². The molecule has 6 aromatic rings. The molecule has 0 fully saturated rings. The first-order valence-electron chi connectivity index (χ1n) is 12.0. The van der Waals surface area contributed by atoms with Crippen LogP contribution in [0.3, 0.4) is 0 Å². The van der Waals surface area contributed by atoms with Gasteiger partial charge in [0.2, 0.25) is 13.6 Å². The molecule has 0 spiro atoms. The molecule has 0 unspecified atom stereocenters. The van der Waals surface area contributed by atoms with E-state index >= 15 is 0 Å². The van der Waals surface area contributed by atoms with Crippen LogP contribution < -0.4 is 68.6 Å². The van der Waals surface area contributed by atoms with E-state index in [1.54, 1.807) is 24.8 Å². The van der Waals surface area contributed by atoms with E-state index in [1.807, 2.05) is 72.8 Å². The van der Waals surface area contributed by atoms with Crippen molar-refractivity contribution in [2.24, 2.45) is 0 Å². The second kappa shape index (κ2) is 17.4. The molecule has 0 saturated heterocycles. The van der Waals surface area contributed by atoms with Crippen molar-refractivity contribution in [2.75, 3.05) is 13.6 Å². The summed E-state index contributed by atoms with van der Waals surface area (Å²) in [6.45, 7) is 0.552. The standard InChI is InChI=1S/2C15H10N2O2.4ClH.2Cu/c2*1-2-5-16-12(3-1)15-11-8-14-13(18-9-19-14)7-10(11)4-6-17-15;;;;;;/h2*1-8H,9H2;4*1H;;/q;;;;;;2*+2/p-4. The van der Waals surface area contributed by atoms with E-state index in [2.05, 4.69) is 19.9 Å². The van der Waals surface area contributed by atoms with Crippen LogP contribution in [0.5, 0.6) is 23.0 Å². The third kappa shape index (κ3) is 7.78. The van der Waals surface area contributed by atoms with Gasteiger partial charge in [0.25, 0.3) is 0 Å². The number of hydrogen-bond donors (Lipinski definition) is 0. The molecular weight excluding hydrogens is 749 g/mol. The molecular formula is C30H20Cl4Cu2N4O4. The fourth-order valence-corrected chi connectivity index (χ4v) is 4.54. The minimum atomic E-state index is 0. The summed E-state index contributed by atoms with van der Waals surface area (Å²) in [4.78, 5) is 17.6. The smallest absolute Gasteiger partial charge is 1.00 e. The Hall–Kier alpha value is -3.04. The van der Waals surface area contributed by atoms with Crippen LogP contribution in [-0.2, 0) is 34.1 Å². The zero-order valence-electron chi connectivity index (χ0n) is 22.2. The SMILES string of the molecule is [Cl-].[Cl-].[Cl-].[Cl-].[Cu+2].[Cu+2].c1ccc(-c2nccc3cc4c(cc23)OCO4)nc1.c1ccc(-c2nccc3cc4c(cc23)OCO4)nc1. The molecule has 0 atom stereocenters. The molecule has 2 aliphatic heterocycles. The van der Waals surface area contributed by atoms with E-state index in [-0.39, 0.29) is 97.4 Å². The number of ether oxygens (including phenoxy) is 4. The molecule has 2 radical (unpaired) electrons. The maximum Gasteiger partial charge on any atom is 2.00 e. The normalized spacial score (nSPS) is 11.1. The summed E-state index contributed by atoms with van der Waals surface area (Å²) in [5.74, 6) is 3.09. The van der Waals surface area contributed by atoms with E-state index < -0.39 is 0 Å². The van der Waals surface area contributed by atoms with Crippen molar-refractivity contribution in [2.45, 2.75) is 0 Å². The summed E-state index contributed by atoms with van der Waals surface area (Å²) in [5, 5.41) is 4.18. The molecule has 14 heteroatoms. The van der Waals surface area contributed by atoms with E-state index in [1.165, 1.54) is 0 Å². The van der Waals surface area contributed by atoms with Gasteiger partial charge in [-0.25, -0.2) is 0 Å². The van der Waals surface area contributed by atoms with Gasteiger partial charge in [0.15, 0.2) is 23.0 Å². The van der Waals surface area contributed by atoms with Gasteiger partial charge in [0.05, 0.1) is 22.8 Å². The molecule has 8 nitrogen and oxygen atoms in total. The van der Waals surface area contributed by atoms with Crippen LogP contribution in [0.25, 0.3) is 44.3 Å². The van der Waals surface area contributed by atoms with Crippen LogP contribution in [0, 0.1) is 0 Å². The van der Waals surface area contributed by atoms with Crippen molar-refractivity contribution in [1.82, 2.24) is 19.9 Å². The van der Waals surface area contributed by atoms with E-state index in [9.17, 15) is 0 Å². The molecule has 0 saturated carbocycles. The molecule has 4 aromatic heterocycles. The zero-order valence-corrected chi connectivity index (χ0v) is 27.1. The van der Waals surface area contributed by atoms with Crippen molar-refractivity contribution in [3.05, 3.63) is 97.6 Å². The Balaban J connectivity index is 0.000000387. The molecule has 6 heterocycles. The Morgan fingerprint density at radius 2 is 0.818 bits per heavy atom. The van der Waals surface area contributed by atoms with Crippen LogP contribution in [0.1, 0.15) is 0 Å². The summed E-state index contributed by atoms with van der Waals surface area (Å²) in [7, 11) is 0. The third-order valence-electron chi connectivity index (χ3n) is 6.33. The number of benzene rings is 2. The van der Waals surface area contributed by atoms with Gasteiger partial charge in [0, 0.05) is 35.6 Å². The predicted octanol–water partition coefficient (Wildman–Crippen LogP) is -5.94. The number of rotatable bonds is 2. The van der Waals surface area contributed by atoms with Crippen molar-refractivity contribution in [3.63, 3.8) is 0 Å². The average molecular weight is 769 g/mol. The minimum Gasteiger partial charge on any atom is -1.00 e. The number of halogens is 4. The molecule has 0 amide bonds. The Kier molecular flexibility index (Phi) is 15.5. The number of hydrogen-bond acceptors (Lipinski definition) is 8. The second-order valence-corrected chi connectivity index (χ2v) is 8.60. The monoisotopic (exact) mass is 766 g/mol. The van der Waals surface area contributed by atoms with Crippen LogP contribution in [0.15, 0.2) is 97.6 Å². The van der Waals surface area contributed by atoms with Gasteiger partial charge in [-0.05, 0) is 71.4 Å². The van der Waals surface area contributed by atoms with Crippen molar-refractivity contribution in [3.8, 4) is 45.8 Å². The first kappa shape index (κ1) is 39.0. The second-order valence-electron chi connectivity index (χ2n) is 8.60. The molecule has 2 aromatic carbocycles. The van der Waals surface area contributed by atoms with Crippen molar-refractivity contribution >= 4 is 21.5 Å². The largest absolute Gasteiger partial charge is 2.00 e. The molecule has 8 rings (SSSR count). The molecule has 0 N–H and O–H groups in total. The Bertz CT molecular complexity index is 1680. The van der Waals surface area contributed by atoms with Gasteiger partial charge in [-0.3, -0.25) is 19.9 Å². The van der Waals surface area contributed by atoms with Crippen LogP contribution in [-0.4, -0.2) is 33.5 Å². The number of fused-ring (bicyclic) bond motifs is 4. The van der Waals surface area contributed by atoms with E-state index in [4.69, 9.17) is 18.9 Å². The van der Waals surface area contributed by atoms with Crippen molar-refractivity contribution in [1.29, 1.82) is 0 Å². The minimum absolute atomic E-state index is 0. The molecule has 2 aliphatic rings. The predicted molar refractivity (Wildman–Crippen MR) is 142 cm³/mol. The first-order valence-corrected chi connectivity index (χ1v) is 12.0. The van der Waals surface area contributed by atoms with Crippen LogP contribution in [0.2, 0.25) is 0 Å². The maximum absolute atomic E-state index is 5.43. The summed E-state index contributed by atoms with van der Waals surface area (Å²) >= 11 is 0. The van der Waals surface area contributed by atoms with E-state index in [0.29, 0.717) is 0 Å². The van der Waals surface area contributed by atoms with Crippen LogP contribution >= 0.6 is 0 Å². The Morgan fingerprint density at radius 3 is 1.18 bits per heavy atom. The molecule has 0 bridgehead atoms. The summed E-state index contributed by atoms with van der Waals surface area (Å²) < 4.78 is 21.6. The fourth-order valence-electron chi connectivity index (χ4n) is 4.54. The van der Waals surface area contributed by atoms with E-state index in [0.717, 1.165) is 67.3 Å². The van der Waals surface area contributed by atoms with Gasteiger partial charge >= 0.3 is 34.1 Å². The summed E-state index contributed by atoms with van der Waals surface area (Å²) in [6, 6.07) is 23.4. The maximum atomic E-state index is 5.43. The van der Waals surface area contributed by atoms with Gasteiger partial charge in [-0.15, -0.1) is 0 Å². The molecule has 234 valence electrons. The van der Waals surface area contributed by atoms with Gasteiger partial charge in [-0.2, -0.15) is 0 Å². The third-order valence-corrected chi connectivity index (χ3v) is 6.33. The molecule has 44 heavy (non-hydrogen) atoms. The Morgan fingerprint density at radius 1 is 0.432 bits per heavy atom. The van der Waals surface area contributed by atoms with Gasteiger partial charge < -0.3 is 68.6 Å². The first-order chi connectivity index (χ1) is 18.8.